The van der Waals surface area contributed by atoms with Crippen molar-refractivity contribution in [3.63, 3.8) is 0 Å². The highest BCUT2D eigenvalue weighted by molar-refractivity contribution is 6.33. The first kappa shape index (κ1) is 16.4. The molecule has 0 aliphatic rings. The number of halogens is 1. The molecule has 0 aliphatic carbocycles. The summed E-state index contributed by atoms with van der Waals surface area (Å²) in [5.41, 5.74) is -0.180. The molecular weight excluding hydrogens is 288 g/mol. The largest absolute Gasteiger partial charge is 0.391 e. The van der Waals surface area contributed by atoms with Crippen LogP contribution >= 0.6 is 11.6 Å². The zero-order valence-corrected chi connectivity index (χ0v) is 11.6. The van der Waals surface area contributed by atoms with E-state index < -0.39 is 16.9 Å². The first-order valence-electron chi connectivity index (χ1n) is 5.85. The van der Waals surface area contributed by atoms with Gasteiger partial charge in [-0.05, 0) is 12.5 Å². The third-order valence-corrected chi connectivity index (χ3v) is 2.86. The Kier molecular flexibility index (Phi) is 6.37. The fraction of sp³-hybridized carbons (Fsp3) is 0.417. The molecule has 110 valence electrons. The summed E-state index contributed by atoms with van der Waals surface area (Å²) >= 11 is 5.83. The number of carbonyl (C=O) groups is 1. The predicted octanol–water partition coefficient (Wildman–Crippen LogP) is 1.38. The van der Waals surface area contributed by atoms with Crippen LogP contribution in [0, 0.1) is 10.1 Å². The number of nitrogens with zero attached hydrogens (tertiary/aromatic N) is 1. The summed E-state index contributed by atoms with van der Waals surface area (Å²) in [5.74, 6) is -0.525. The number of rotatable bonds is 7. The lowest BCUT2D eigenvalue weighted by atomic mass is 10.2. The minimum atomic E-state index is -0.680. The molecule has 1 unspecified atom stereocenters. The van der Waals surface area contributed by atoms with E-state index in [-0.39, 0.29) is 29.4 Å². The summed E-state index contributed by atoms with van der Waals surface area (Å²) in [5, 5.41) is 22.7. The number of carbonyl (C=O) groups excluding carboxylic acids is 1. The van der Waals surface area contributed by atoms with E-state index >= 15 is 0 Å². The van der Waals surface area contributed by atoms with Gasteiger partial charge in [-0.1, -0.05) is 11.6 Å². The number of ether oxygens (including phenoxy) is 1. The van der Waals surface area contributed by atoms with Gasteiger partial charge in [0, 0.05) is 25.8 Å². The predicted molar refractivity (Wildman–Crippen MR) is 72.9 cm³/mol. The third kappa shape index (κ3) is 4.76. The van der Waals surface area contributed by atoms with Gasteiger partial charge >= 0.3 is 0 Å². The van der Waals surface area contributed by atoms with Gasteiger partial charge in [-0.2, -0.15) is 0 Å². The van der Waals surface area contributed by atoms with Crippen molar-refractivity contribution in [2.45, 2.75) is 12.5 Å². The van der Waals surface area contributed by atoms with E-state index in [1.165, 1.54) is 19.2 Å². The molecular formula is C12H15ClN2O5. The lowest BCUT2D eigenvalue weighted by molar-refractivity contribution is -0.384. The average Bonchev–Trinajstić information content (AvgIpc) is 2.39. The maximum absolute atomic E-state index is 11.8. The molecule has 1 atom stereocenters. The van der Waals surface area contributed by atoms with Gasteiger partial charge in [0.25, 0.3) is 11.6 Å². The van der Waals surface area contributed by atoms with Crippen LogP contribution in [0.2, 0.25) is 5.02 Å². The number of nitro groups is 1. The molecule has 8 heteroatoms. The van der Waals surface area contributed by atoms with E-state index in [0.29, 0.717) is 6.42 Å². The van der Waals surface area contributed by atoms with E-state index in [2.05, 4.69) is 5.32 Å². The number of hydrogen-bond donors (Lipinski definition) is 2. The number of non-ortho nitro benzene ring substituents is 1. The van der Waals surface area contributed by atoms with E-state index in [0.717, 1.165) is 6.07 Å². The van der Waals surface area contributed by atoms with Crippen LogP contribution in [0.5, 0.6) is 0 Å². The molecule has 0 radical (unpaired) electrons. The second-order valence-corrected chi connectivity index (χ2v) is 4.48. The van der Waals surface area contributed by atoms with Gasteiger partial charge in [-0.15, -0.1) is 0 Å². The second kappa shape index (κ2) is 7.78. The van der Waals surface area contributed by atoms with Crippen LogP contribution in [0.3, 0.4) is 0 Å². The number of aliphatic hydroxyl groups is 1. The van der Waals surface area contributed by atoms with E-state index in [4.69, 9.17) is 16.3 Å². The quantitative estimate of drug-likeness (QED) is 0.585. The Morgan fingerprint density at radius 2 is 2.30 bits per heavy atom. The summed E-state index contributed by atoms with van der Waals surface area (Å²) in [6, 6.07) is 3.64. The van der Waals surface area contributed by atoms with E-state index in [1.54, 1.807) is 0 Å². The molecule has 0 spiro atoms. The molecule has 0 saturated carbocycles. The number of aliphatic hydroxyl groups excluding tert-OH is 1. The van der Waals surface area contributed by atoms with Crippen LogP contribution < -0.4 is 5.32 Å². The Morgan fingerprint density at radius 1 is 1.60 bits per heavy atom. The van der Waals surface area contributed by atoms with Gasteiger partial charge in [-0.25, -0.2) is 0 Å². The molecule has 20 heavy (non-hydrogen) atoms. The lowest BCUT2D eigenvalue weighted by Gasteiger charge is -2.10. The van der Waals surface area contributed by atoms with Crippen molar-refractivity contribution in [1.29, 1.82) is 0 Å². The van der Waals surface area contributed by atoms with Crippen LogP contribution in [-0.4, -0.2) is 42.3 Å². The first-order valence-corrected chi connectivity index (χ1v) is 6.22. The number of benzene rings is 1. The summed E-state index contributed by atoms with van der Waals surface area (Å²) < 4.78 is 4.75. The van der Waals surface area contributed by atoms with E-state index in [9.17, 15) is 20.0 Å². The molecule has 1 aromatic rings. The Balaban J connectivity index is 2.63. The molecule has 2 N–H and O–H groups in total. The topological polar surface area (TPSA) is 102 Å². The van der Waals surface area contributed by atoms with Crippen molar-refractivity contribution in [2.75, 3.05) is 20.3 Å². The minimum absolute atomic E-state index is 0.0297. The molecule has 7 nitrogen and oxygen atoms in total. The fourth-order valence-electron chi connectivity index (χ4n) is 1.52. The van der Waals surface area contributed by atoms with Crippen LogP contribution in [0.15, 0.2) is 18.2 Å². The van der Waals surface area contributed by atoms with Crippen LogP contribution in [0.4, 0.5) is 5.69 Å². The second-order valence-electron chi connectivity index (χ2n) is 4.08. The van der Waals surface area contributed by atoms with Crippen molar-refractivity contribution >= 4 is 23.2 Å². The molecule has 1 rings (SSSR count). The number of amides is 1. The zero-order valence-electron chi connectivity index (χ0n) is 10.8. The van der Waals surface area contributed by atoms with Crippen LogP contribution in [-0.2, 0) is 4.74 Å². The highest BCUT2D eigenvalue weighted by atomic mass is 35.5. The van der Waals surface area contributed by atoms with Crippen molar-refractivity contribution in [3.8, 4) is 0 Å². The molecule has 1 amide bonds. The van der Waals surface area contributed by atoms with Gasteiger partial charge in [-0.3, -0.25) is 14.9 Å². The monoisotopic (exact) mass is 302 g/mol. The Bertz CT molecular complexity index is 495. The summed E-state index contributed by atoms with van der Waals surface area (Å²) in [6.45, 7) is 0.385. The molecule has 0 heterocycles. The minimum Gasteiger partial charge on any atom is -0.391 e. The first-order chi connectivity index (χ1) is 9.45. The lowest BCUT2D eigenvalue weighted by Crippen LogP contribution is -2.28. The highest BCUT2D eigenvalue weighted by Gasteiger charge is 2.15. The molecule has 0 fully saturated rings. The molecule has 0 saturated heterocycles. The van der Waals surface area contributed by atoms with Crippen LogP contribution in [0.1, 0.15) is 16.8 Å². The van der Waals surface area contributed by atoms with Gasteiger partial charge < -0.3 is 15.2 Å². The number of methoxy groups -OCH3 is 1. The molecule has 0 aliphatic heterocycles. The fourth-order valence-corrected chi connectivity index (χ4v) is 1.73. The van der Waals surface area contributed by atoms with Crippen molar-refractivity contribution in [2.24, 2.45) is 0 Å². The van der Waals surface area contributed by atoms with Gasteiger partial charge in [0.1, 0.15) is 0 Å². The standard InChI is InChI=1S/C12H15ClN2O5/c1-20-7-9(16)4-5-14-12(17)10-6-8(15(18)19)2-3-11(10)13/h2-3,6,9,16H,4-5,7H2,1H3,(H,14,17). The number of nitrogens with one attached hydrogen (secondary N) is 1. The number of nitro benzene ring substituents is 1. The van der Waals surface area contributed by atoms with Gasteiger partial charge in [0.15, 0.2) is 0 Å². The highest BCUT2D eigenvalue weighted by Crippen LogP contribution is 2.21. The zero-order chi connectivity index (χ0) is 15.1. The Morgan fingerprint density at radius 3 is 2.90 bits per heavy atom. The maximum atomic E-state index is 11.8. The van der Waals surface area contributed by atoms with E-state index in [1.807, 2.05) is 0 Å². The molecule has 0 bridgehead atoms. The van der Waals surface area contributed by atoms with Crippen molar-refractivity contribution < 1.29 is 19.6 Å². The van der Waals surface area contributed by atoms with Gasteiger partial charge in [0.05, 0.1) is 28.2 Å². The third-order valence-electron chi connectivity index (χ3n) is 2.53. The average molecular weight is 303 g/mol. The maximum Gasteiger partial charge on any atom is 0.270 e. The summed E-state index contributed by atoms with van der Waals surface area (Å²) in [4.78, 5) is 21.9. The molecule has 0 aromatic heterocycles. The summed E-state index contributed by atoms with van der Waals surface area (Å²) in [6.07, 6.45) is -0.368. The normalized spacial score (nSPS) is 11.9. The van der Waals surface area contributed by atoms with Crippen molar-refractivity contribution in [1.82, 2.24) is 5.32 Å². The SMILES string of the molecule is COCC(O)CCNC(=O)c1cc([N+](=O)[O-])ccc1Cl. The molecule has 1 aromatic carbocycles. The van der Waals surface area contributed by atoms with Gasteiger partial charge in [0.2, 0.25) is 0 Å². The summed E-state index contributed by atoms with van der Waals surface area (Å²) in [7, 11) is 1.46. The van der Waals surface area contributed by atoms with Crippen molar-refractivity contribution in [3.05, 3.63) is 38.9 Å². The Labute approximate surface area is 120 Å². The Hall–Kier alpha value is -1.70. The number of hydrogen-bond acceptors (Lipinski definition) is 5. The van der Waals surface area contributed by atoms with Crippen LogP contribution in [0.25, 0.3) is 0 Å². The smallest absolute Gasteiger partial charge is 0.270 e.